The first kappa shape index (κ1) is 12.0. The molecule has 0 spiro atoms. The second-order valence-corrected chi connectivity index (χ2v) is 3.12. The van der Waals surface area contributed by atoms with Gasteiger partial charge in [-0.05, 0) is 19.8 Å². The van der Waals surface area contributed by atoms with Gasteiger partial charge in [0.1, 0.15) is 0 Å². The van der Waals surface area contributed by atoms with Gasteiger partial charge in [0, 0.05) is 25.4 Å². The predicted molar refractivity (Wildman–Crippen MR) is 54.0 cm³/mol. The third kappa shape index (κ3) is 7.35. The zero-order valence-electron chi connectivity index (χ0n) is 8.18. The lowest BCUT2D eigenvalue weighted by atomic mass is 10.2. The summed E-state index contributed by atoms with van der Waals surface area (Å²) in [6.07, 6.45) is 8.15. The van der Waals surface area contributed by atoms with E-state index < -0.39 is 0 Å². The van der Waals surface area contributed by atoms with Gasteiger partial charge in [-0.1, -0.05) is 0 Å². The van der Waals surface area contributed by atoms with Gasteiger partial charge < -0.3 is 11.1 Å². The van der Waals surface area contributed by atoms with Gasteiger partial charge in [-0.3, -0.25) is 4.79 Å². The number of unbranched alkanes of at least 4 members (excludes halogenated alkanes) is 2. The van der Waals surface area contributed by atoms with Crippen LogP contribution in [-0.2, 0) is 4.79 Å². The van der Waals surface area contributed by atoms with Gasteiger partial charge in [0.05, 0.1) is 0 Å². The first-order valence-corrected chi connectivity index (χ1v) is 4.63. The smallest absolute Gasteiger partial charge is 0.220 e. The van der Waals surface area contributed by atoms with Gasteiger partial charge in [-0.15, -0.1) is 12.3 Å². The fourth-order valence-electron chi connectivity index (χ4n) is 0.919. The summed E-state index contributed by atoms with van der Waals surface area (Å²) < 4.78 is 0. The van der Waals surface area contributed by atoms with E-state index in [1.807, 2.05) is 6.92 Å². The Morgan fingerprint density at radius 1 is 1.62 bits per heavy atom. The summed E-state index contributed by atoms with van der Waals surface area (Å²) in [6.45, 7) is 2.37. The molecule has 3 nitrogen and oxygen atoms in total. The van der Waals surface area contributed by atoms with Crippen LogP contribution in [0.4, 0.5) is 0 Å². The molecule has 0 aromatic heterocycles. The summed E-state index contributed by atoms with van der Waals surface area (Å²) in [6, 6.07) is 0.0696. The summed E-state index contributed by atoms with van der Waals surface area (Å²) in [7, 11) is 0. The molecule has 0 fully saturated rings. The van der Waals surface area contributed by atoms with E-state index in [0.29, 0.717) is 13.0 Å². The number of nitrogens with two attached hydrogens (primary N) is 1. The lowest BCUT2D eigenvalue weighted by molar-refractivity contribution is -0.121. The van der Waals surface area contributed by atoms with Crippen LogP contribution in [-0.4, -0.2) is 18.5 Å². The molecule has 0 aliphatic heterocycles. The Hall–Kier alpha value is -1.01. The molecule has 0 bridgehead atoms. The summed E-state index contributed by atoms with van der Waals surface area (Å²) >= 11 is 0. The number of hydrogen-bond acceptors (Lipinski definition) is 2. The molecule has 0 rings (SSSR count). The first-order valence-electron chi connectivity index (χ1n) is 4.63. The lowest BCUT2D eigenvalue weighted by Crippen LogP contribution is -2.37. The van der Waals surface area contributed by atoms with E-state index in [9.17, 15) is 4.79 Å². The molecule has 0 aliphatic carbocycles. The molecule has 74 valence electrons. The Bertz CT molecular complexity index is 184. The van der Waals surface area contributed by atoms with Crippen molar-refractivity contribution < 1.29 is 4.79 Å². The summed E-state index contributed by atoms with van der Waals surface area (Å²) in [5, 5.41) is 2.79. The van der Waals surface area contributed by atoms with E-state index in [1.54, 1.807) is 0 Å². The van der Waals surface area contributed by atoms with Crippen LogP contribution < -0.4 is 11.1 Å². The number of carbonyl (C=O) groups is 1. The lowest BCUT2D eigenvalue weighted by Gasteiger charge is -2.10. The fourth-order valence-corrected chi connectivity index (χ4v) is 0.919. The van der Waals surface area contributed by atoms with Gasteiger partial charge in [-0.2, -0.15) is 0 Å². The molecule has 0 saturated heterocycles. The monoisotopic (exact) mass is 182 g/mol. The maximum Gasteiger partial charge on any atom is 0.220 e. The maximum absolute atomic E-state index is 11.2. The van der Waals surface area contributed by atoms with Crippen molar-refractivity contribution in [2.75, 3.05) is 6.54 Å². The quantitative estimate of drug-likeness (QED) is 0.468. The number of amides is 1. The Balaban J connectivity index is 3.36. The van der Waals surface area contributed by atoms with Crippen LogP contribution in [0.25, 0.3) is 0 Å². The third-order valence-corrected chi connectivity index (χ3v) is 1.74. The van der Waals surface area contributed by atoms with E-state index in [4.69, 9.17) is 12.2 Å². The van der Waals surface area contributed by atoms with Crippen molar-refractivity contribution in [2.24, 2.45) is 5.73 Å². The van der Waals surface area contributed by atoms with E-state index in [0.717, 1.165) is 19.3 Å². The highest BCUT2D eigenvalue weighted by Gasteiger charge is 2.04. The van der Waals surface area contributed by atoms with Crippen molar-refractivity contribution >= 4 is 5.91 Å². The molecule has 0 aromatic rings. The molecular formula is C10H18N2O. The number of carbonyl (C=O) groups excluding carboxylic acids is 1. The van der Waals surface area contributed by atoms with Gasteiger partial charge in [-0.25, -0.2) is 0 Å². The average Bonchev–Trinajstić information content (AvgIpc) is 2.12. The average molecular weight is 182 g/mol. The molecule has 0 heterocycles. The van der Waals surface area contributed by atoms with Crippen molar-refractivity contribution in [3.8, 4) is 12.3 Å². The van der Waals surface area contributed by atoms with Gasteiger partial charge in [0.15, 0.2) is 0 Å². The number of terminal acetylenes is 1. The zero-order chi connectivity index (χ0) is 10.1. The van der Waals surface area contributed by atoms with Gasteiger partial charge in [0.2, 0.25) is 5.91 Å². The van der Waals surface area contributed by atoms with Crippen molar-refractivity contribution in [1.82, 2.24) is 5.32 Å². The van der Waals surface area contributed by atoms with Crippen molar-refractivity contribution in [3.63, 3.8) is 0 Å². The van der Waals surface area contributed by atoms with Gasteiger partial charge in [0.25, 0.3) is 0 Å². The van der Waals surface area contributed by atoms with Crippen molar-refractivity contribution in [2.45, 2.75) is 38.6 Å². The molecule has 0 saturated carbocycles. The van der Waals surface area contributed by atoms with Crippen LogP contribution >= 0.6 is 0 Å². The fraction of sp³-hybridized carbons (Fsp3) is 0.700. The molecule has 0 aliphatic rings. The molecule has 1 unspecified atom stereocenters. The number of rotatable bonds is 6. The maximum atomic E-state index is 11.2. The molecule has 0 aromatic carbocycles. The van der Waals surface area contributed by atoms with E-state index >= 15 is 0 Å². The molecular weight excluding hydrogens is 164 g/mol. The van der Waals surface area contributed by atoms with Crippen LogP contribution in [0.3, 0.4) is 0 Å². The van der Waals surface area contributed by atoms with Gasteiger partial charge >= 0.3 is 0 Å². The molecule has 1 amide bonds. The van der Waals surface area contributed by atoms with E-state index in [2.05, 4.69) is 11.2 Å². The SMILES string of the molecule is C#CCCCCC(=O)NC(C)CN. The highest BCUT2D eigenvalue weighted by atomic mass is 16.1. The standard InChI is InChI=1S/C10H18N2O/c1-3-4-5-6-7-10(13)12-9(2)8-11/h1,9H,4-8,11H2,2H3,(H,12,13). The first-order chi connectivity index (χ1) is 6.20. The summed E-state index contributed by atoms with van der Waals surface area (Å²) in [5.41, 5.74) is 5.36. The summed E-state index contributed by atoms with van der Waals surface area (Å²) in [4.78, 5) is 11.2. The minimum Gasteiger partial charge on any atom is -0.352 e. The molecule has 3 heteroatoms. The predicted octanol–water partition coefficient (Wildman–Crippen LogP) is 0.643. The number of hydrogen-bond donors (Lipinski definition) is 2. The summed E-state index contributed by atoms with van der Waals surface area (Å²) in [5.74, 6) is 2.61. The van der Waals surface area contributed by atoms with Crippen LogP contribution in [0.2, 0.25) is 0 Å². The second-order valence-electron chi connectivity index (χ2n) is 3.12. The minimum absolute atomic E-state index is 0.0648. The molecule has 0 radical (unpaired) electrons. The Morgan fingerprint density at radius 2 is 2.31 bits per heavy atom. The normalized spacial score (nSPS) is 11.8. The highest BCUT2D eigenvalue weighted by Crippen LogP contribution is 1.98. The largest absolute Gasteiger partial charge is 0.352 e. The highest BCUT2D eigenvalue weighted by molar-refractivity contribution is 5.76. The molecule has 3 N–H and O–H groups in total. The second kappa shape index (κ2) is 7.63. The van der Waals surface area contributed by atoms with Crippen molar-refractivity contribution in [1.29, 1.82) is 0 Å². The molecule has 13 heavy (non-hydrogen) atoms. The number of nitrogens with one attached hydrogen (secondary N) is 1. The third-order valence-electron chi connectivity index (χ3n) is 1.74. The zero-order valence-corrected chi connectivity index (χ0v) is 8.18. The molecule has 1 atom stereocenters. The topological polar surface area (TPSA) is 55.1 Å². The minimum atomic E-state index is 0.0648. The Labute approximate surface area is 80.1 Å². The Kier molecular flexibility index (Phi) is 7.04. The Morgan fingerprint density at radius 3 is 2.85 bits per heavy atom. The van der Waals surface area contributed by atoms with E-state index in [-0.39, 0.29) is 11.9 Å². The van der Waals surface area contributed by atoms with Crippen LogP contribution in [0.5, 0.6) is 0 Å². The van der Waals surface area contributed by atoms with Crippen LogP contribution in [0.15, 0.2) is 0 Å². The van der Waals surface area contributed by atoms with Crippen LogP contribution in [0, 0.1) is 12.3 Å². The van der Waals surface area contributed by atoms with Crippen LogP contribution in [0.1, 0.15) is 32.6 Å². The van der Waals surface area contributed by atoms with Crippen molar-refractivity contribution in [3.05, 3.63) is 0 Å². The van der Waals surface area contributed by atoms with E-state index in [1.165, 1.54) is 0 Å².